The molecule has 0 saturated heterocycles. The molecule has 0 bridgehead atoms. The van der Waals surface area contributed by atoms with E-state index in [2.05, 4.69) is 4.99 Å². The van der Waals surface area contributed by atoms with Crippen LogP contribution in [-0.2, 0) is 6.61 Å². The number of para-hydroxylation sites is 1. The SMILES string of the molecule is Cc1ccc(N=Cc2ccccc2OCc2ccc(F)cc2)cc1. The molecule has 2 nitrogen and oxygen atoms in total. The first-order valence-electron chi connectivity index (χ1n) is 7.78. The predicted octanol–water partition coefficient (Wildman–Crippen LogP) is 5.46. The van der Waals surface area contributed by atoms with Gasteiger partial charge in [-0.15, -0.1) is 0 Å². The van der Waals surface area contributed by atoms with Crippen molar-refractivity contribution in [2.24, 2.45) is 4.99 Å². The third kappa shape index (κ3) is 4.29. The fraction of sp³-hybridized carbons (Fsp3) is 0.0952. The molecule has 0 heterocycles. The van der Waals surface area contributed by atoms with E-state index in [0.29, 0.717) is 6.61 Å². The highest BCUT2D eigenvalue weighted by molar-refractivity contribution is 5.85. The molecule has 0 unspecified atom stereocenters. The van der Waals surface area contributed by atoms with E-state index in [9.17, 15) is 4.39 Å². The van der Waals surface area contributed by atoms with Crippen molar-refractivity contribution < 1.29 is 9.13 Å². The Kier molecular flexibility index (Phi) is 5.02. The summed E-state index contributed by atoms with van der Waals surface area (Å²) < 4.78 is 18.8. The monoisotopic (exact) mass is 319 g/mol. The number of aryl methyl sites for hydroxylation is 1. The van der Waals surface area contributed by atoms with Gasteiger partial charge in [0.25, 0.3) is 0 Å². The minimum absolute atomic E-state index is 0.246. The van der Waals surface area contributed by atoms with E-state index in [1.165, 1.54) is 17.7 Å². The van der Waals surface area contributed by atoms with Crippen LogP contribution in [0.4, 0.5) is 10.1 Å². The number of hydrogen-bond donors (Lipinski definition) is 0. The smallest absolute Gasteiger partial charge is 0.128 e. The third-order valence-electron chi connectivity index (χ3n) is 3.61. The molecule has 0 amide bonds. The number of rotatable bonds is 5. The lowest BCUT2D eigenvalue weighted by Crippen LogP contribution is -1.98. The van der Waals surface area contributed by atoms with E-state index in [1.807, 2.05) is 55.5 Å². The average Bonchev–Trinajstić information content (AvgIpc) is 2.61. The highest BCUT2D eigenvalue weighted by Gasteiger charge is 2.02. The molecule has 0 fully saturated rings. The first-order chi connectivity index (χ1) is 11.7. The molecule has 24 heavy (non-hydrogen) atoms. The van der Waals surface area contributed by atoms with Crippen LogP contribution in [0.2, 0.25) is 0 Å². The highest BCUT2D eigenvalue weighted by atomic mass is 19.1. The van der Waals surface area contributed by atoms with Crippen LogP contribution in [0.15, 0.2) is 77.8 Å². The molecule has 0 spiro atoms. The minimum atomic E-state index is -0.246. The van der Waals surface area contributed by atoms with E-state index < -0.39 is 0 Å². The Morgan fingerprint density at radius 2 is 1.62 bits per heavy atom. The zero-order valence-electron chi connectivity index (χ0n) is 13.4. The molecule has 0 aliphatic heterocycles. The predicted molar refractivity (Wildman–Crippen MR) is 95.6 cm³/mol. The molecule has 3 rings (SSSR count). The molecule has 120 valence electrons. The summed E-state index contributed by atoms with van der Waals surface area (Å²) in [7, 11) is 0. The summed E-state index contributed by atoms with van der Waals surface area (Å²) in [5.74, 6) is 0.502. The fourth-order valence-electron chi connectivity index (χ4n) is 2.24. The molecule has 3 aromatic rings. The van der Waals surface area contributed by atoms with E-state index in [4.69, 9.17) is 4.74 Å². The largest absolute Gasteiger partial charge is 0.488 e. The molecule has 0 N–H and O–H groups in total. The Bertz CT molecular complexity index is 823. The molecule has 0 aliphatic rings. The van der Waals surface area contributed by atoms with Gasteiger partial charge in [-0.1, -0.05) is 42.0 Å². The van der Waals surface area contributed by atoms with Crippen LogP contribution in [0, 0.1) is 12.7 Å². The van der Waals surface area contributed by atoms with Crippen LogP contribution in [-0.4, -0.2) is 6.21 Å². The second-order valence-corrected chi connectivity index (χ2v) is 5.55. The number of nitrogens with zero attached hydrogens (tertiary/aromatic N) is 1. The van der Waals surface area contributed by atoms with Crippen molar-refractivity contribution in [2.75, 3.05) is 0 Å². The maximum Gasteiger partial charge on any atom is 0.128 e. The van der Waals surface area contributed by atoms with Gasteiger partial charge in [0.15, 0.2) is 0 Å². The summed E-state index contributed by atoms with van der Waals surface area (Å²) in [5.41, 5.74) is 3.92. The lowest BCUT2D eigenvalue weighted by Gasteiger charge is -2.09. The van der Waals surface area contributed by atoms with Crippen molar-refractivity contribution in [3.8, 4) is 5.75 Å². The third-order valence-corrected chi connectivity index (χ3v) is 3.61. The number of aliphatic imine (C=N–C) groups is 1. The fourth-order valence-corrected chi connectivity index (χ4v) is 2.24. The normalized spacial score (nSPS) is 10.9. The molecule has 3 heteroatoms. The van der Waals surface area contributed by atoms with Gasteiger partial charge in [-0.3, -0.25) is 4.99 Å². The van der Waals surface area contributed by atoms with Crippen molar-refractivity contribution >= 4 is 11.9 Å². The van der Waals surface area contributed by atoms with Gasteiger partial charge < -0.3 is 4.74 Å². The lowest BCUT2D eigenvalue weighted by molar-refractivity contribution is 0.305. The van der Waals surface area contributed by atoms with Crippen molar-refractivity contribution in [3.05, 3.63) is 95.3 Å². The Hall–Kier alpha value is -2.94. The van der Waals surface area contributed by atoms with Crippen LogP contribution in [0.3, 0.4) is 0 Å². The van der Waals surface area contributed by atoms with Crippen molar-refractivity contribution in [1.82, 2.24) is 0 Å². The van der Waals surface area contributed by atoms with Crippen LogP contribution >= 0.6 is 0 Å². The second-order valence-electron chi connectivity index (χ2n) is 5.55. The standard InChI is InChI=1S/C21H18FNO/c1-16-6-12-20(13-7-16)23-14-18-4-2-3-5-21(18)24-15-17-8-10-19(22)11-9-17/h2-14H,15H2,1H3. The maximum atomic E-state index is 12.9. The van der Waals surface area contributed by atoms with Gasteiger partial charge in [-0.25, -0.2) is 4.39 Å². The molecule has 0 aliphatic carbocycles. The topological polar surface area (TPSA) is 21.6 Å². The Morgan fingerprint density at radius 1 is 0.917 bits per heavy atom. The number of halogens is 1. The molecule has 0 radical (unpaired) electrons. The van der Waals surface area contributed by atoms with Crippen LogP contribution in [0.1, 0.15) is 16.7 Å². The van der Waals surface area contributed by atoms with Gasteiger partial charge >= 0.3 is 0 Å². The second kappa shape index (κ2) is 7.55. The van der Waals surface area contributed by atoms with Crippen molar-refractivity contribution in [1.29, 1.82) is 0 Å². The highest BCUT2D eigenvalue weighted by Crippen LogP contribution is 2.19. The molecule has 0 atom stereocenters. The first kappa shape index (κ1) is 15.9. The van der Waals surface area contributed by atoms with Crippen LogP contribution < -0.4 is 4.74 Å². The maximum absolute atomic E-state index is 12.9. The Labute approximate surface area is 141 Å². The quantitative estimate of drug-likeness (QED) is 0.572. The summed E-state index contributed by atoms with van der Waals surface area (Å²) in [4.78, 5) is 4.49. The lowest BCUT2D eigenvalue weighted by atomic mass is 10.2. The van der Waals surface area contributed by atoms with Crippen LogP contribution in [0.5, 0.6) is 5.75 Å². The first-order valence-corrected chi connectivity index (χ1v) is 7.78. The van der Waals surface area contributed by atoms with E-state index in [1.54, 1.807) is 18.3 Å². The minimum Gasteiger partial charge on any atom is -0.488 e. The number of benzene rings is 3. The van der Waals surface area contributed by atoms with E-state index in [0.717, 1.165) is 22.6 Å². The van der Waals surface area contributed by atoms with E-state index >= 15 is 0 Å². The number of hydrogen-bond acceptors (Lipinski definition) is 2. The van der Waals surface area contributed by atoms with E-state index in [-0.39, 0.29) is 5.82 Å². The van der Waals surface area contributed by atoms with Gasteiger partial charge in [0.1, 0.15) is 18.2 Å². The van der Waals surface area contributed by atoms with Gasteiger partial charge in [-0.05, 0) is 48.9 Å². The van der Waals surface area contributed by atoms with Crippen LogP contribution in [0.25, 0.3) is 0 Å². The van der Waals surface area contributed by atoms with Crippen molar-refractivity contribution in [2.45, 2.75) is 13.5 Å². The Morgan fingerprint density at radius 3 is 2.38 bits per heavy atom. The summed E-state index contributed by atoms with van der Waals surface area (Å²) in [6, 6.07) is 22.1. The zero-order chi connectivity index (χ0) is 16.8. The molecule has 0 aromatic heterocycles. The van der Waals surface area contributed by atoms with Crippen molar-refractivity contribution in [3.63, 3.8) is 0 Å². The zero-order valence-corrected chi connectivity index (χ0v) is 13.4. The molecule has 0 saturated carbocycles. The Balaban J connectivity index is 1.72. The van der Waals surface area contributed by atoms with Gasteiger partial charge in [0.05, 0.1) is 5.69 Å². The average molecular weight is 319 g/mol. The summed E-state index contributed by atoms with van der Waals surface area (Å²) in [6.45, 7) is 2.43. The molecular formula is C21H18FNO. The van der Waals surface area contributed by atoms with Gasteiger partial charge in [0, 0.05) is 11.8 Å². The number of ether oxygens (including phenoxy) is 1. The van der Waals surface area contributed by atoms with Gasteiger partial charge in [-0.2, -0.15) is 0 Å². The summed E-state index contributed by atoms with van der Waals surface area (Å²) in [5, 5.41) is 0. The summed E-state index contributed by atoms with van der Waals surface area (Å²) in [6.07, 6.45) is 1.80. The summed E-state index contributed by atoms with van der Waals surface area (Å²) >= 11 is 0. The molecule has 3 aromatic carbocycles. The van der Waals surface area contributed by atoms with Gasteiger partial charge in [0.2, 0.25) is 0 Å². The molecular weight excluding hydrogens is 301 g/mol.